The molecule has 2 aliphatic rings. The summed E-state index contributed by atoms with van der Waals surface area (Å²) < 4.78 is 5.39. The lowest BCUT2D eigenvalue weighted by molar-refractivity contribution is -0.0402. The van der Waals surface area contributed by atoms with Gasteiger partial charge in [0, 0.05) is 31.2 Å². The van der Waals surface area contributed by atoms with Crippen LogP contribution >= 0.6 is 0 Å². The molecule has 0 aromatic heterocycles. The number of aliphatic hydroxyl groups excluding tert-OH is 2. The highest BCUT2D eigenvalue weighted by Crippen LogP contribution is 2.34. The summed E-state index contributed by atoms with van der Waals surface area (Å²) in [5.74, 6) is 0.565. The highest BCUT2D eigenvalue weighted by atomic mass is 16.5. The largest absolute Gasteiger partial charge is 0.396 e. The highest BCUT2D eigenvalue weighted by Gasteiger charge is 2.39. The van der Waals surface area contributed by atoms with Crippen LogP contribution in [0.4, 0.5) is 0 Å². The summed E-state index contributed by atoms with van der Waals surface area (Å²) >= 11 is 0. The monoisotopic (exact) mass is 243 g/mol. The van der Waals surface area contributed by atoms with E-state index in [2.05, 4.69) is 11.8 Å². The summed E-state index contributed by atoms with van der Waals surface area (Å²) in [6.45, 7) is 6.15. The number of hydrogen-bond donors (Lipinski definition) is 2. The molecule has 4 nitrogen and oxygen atoms in total. The van der Waals surface area contributed by atoms with E-state index in [1.54, 1.807) is 0 Å². The molecule has 0 radical (unpaired) electrons. The van der Waals surface area contributed by atoms with Gasteiger partial charge in [-0.2, -0.15) is 0 Å². The van der Waals surface area contributed by atoms with Crippen LogP contribution in [0.1, 0.15) is 26.2 Å². The fourth-order valence-electron chi connectivity index (χ4n) is 3.18. The quantitative estimate of drug-likeness (QED) is 0.754. The Morgan fingerprint density at radius 3 is 2.59 bits per heavy atom. The SMILES string of the molecule is CC1CCN(CC2(CO)CCOCC2)C1CO. The Balaban J connectivity index is 1.98. The zero-order valence-corrected chi connectivity index (χ0v) is 10.8. The van der Waals surface area contributed by atoms with E-state index in [0.29, 0.717) is 5.92 Å². The van der Waals surface area contributed by atoms with Gasteiger partial charge in [-0.1, -0.05) is 6.92 Å². The number of ether oxygens (including phenoxy) is 1. The van der Waals surface area contributed by atoms with Gasteiger partial charge in [0.2, 0.25) is 0 Å². The molecule has 2 aliphatic heterocycles. The third kappa shape index (κ3) is 2.81. The van der Waals surface area contributed by atoms with Crippen molar-refractivity contribution in [3.63, 3.8) is 0 Å². The maximum absolute atomic E-state index is 9.68. The number of nitrogens with zero attached hydrogens (tertiary/aromatic N) is 1. The first-order valence-electron chi connectivity index (χ1n) is 6.74. The number of likely N-dealkylation sites (tertiary alicyclic amines) is 1. The Hall–Kier alpha value is -0.160. The molecule has 2 heterocycles. The van der Waals surface area contributed by atoms with Crippen molar-refractivity contribution in [2.45, 2.75) is 32.2 Å². The average Bonchev–Trinajstić information content (AvgIpc) is 2.71. The first kappa shape index (κ1) is 13.3. The standard InChI is InChI=1S/C13H25NO3/c1-11-2-5-14(12(11)8-15)9-13(10-16)3-6-17-7-4-13/h11-12,15-16H,2-10H2,1H3. The van der Waals surface area contributed by atoms with E-state index in [1.165, 1.54) is 0 Å². The molecule has 0 bridgehead atoms. The zero-order chi connectivity index (χ0) is 12.3. The molecular weight excluding hydrogens is 218 g/mol. The second-order valence-electron chi connectivity index (χ2n) is 5.76. The van der Waals surface area contributed by atoms with Crippen molar-refractivity contribution in [3.05, 3.63) is 0 Å². The second kappa shape index (κ2) is 5.65. The summed E-state index contributed by atoms with van der Waals surface area (Å²) in [6.07, 6.45) is 3.03. The molecule has 2 N–H and O–H groups in total. The molecule has 2 fully saturated rings. The normalized spacial score (nSPS) is 34.1. The minimum absolute atomic E-state index is 0.00424. The third-order valence-corrected chi connectivity index (χ3v) is 4.61. The van der Waals surface area contributed by atoms with Crippen molar-refractivity contribution in [1.82, 2.24) is 4.90 Å². The minimum Gasteiger partial charge on any atom is -0.396 e. The number of hydrogen-bond acceptors (Lipinski definition) is 4. The lowest BCUT2D eigenvalue weighted by Gasteiger charge is -2.40. The van der Waals surface area contributed by atoms with Crippen molar-refractivity contribution < 1.29 is 14.9 Å². The van der Waals surface area contributed by atoms with Gasteiger partial charge in [-0.3, -0.25) is 4.90 Å². The zero-order valence-electron chi connectivity index (χ0n) is 10.8. The smallest absolute Gasteiger partial charge is 0.0589 e. The minimum atomic E-state index is -0.00424. The van der Waals surface area contributed by atoms with Crippen LogP contribution in [0.15, 0.2) is 0 Å². The van der Waals surface area contributed by atoms with Crippen molar-refractivity contribution in [1.29, 1.82) is 0 Å². The molecule has 0 aliphatic carbocycles. The molecule has 0 aromatic rings. The molecule has 2 unspecified atom stereocenters. The lowest BCUT2D eigenvalue weighted by atomic mass is 9.80. The van der Waals surface area contributed by atoms with Crippen molar-refractivity contribution in [3.8, 4) is 0 Å². The van der Waals surface area contributed by atoms with Crippen LogP contribution in [-0.4, -0.2) is 60.7 Å². The number of aliphatic hydroxyl groups is 2. The Labute approximate surface area is 104 Å². The third-order valence-electron chi connectivity index (χ3n) is 4.61. The summed E-state index contributed by atoms with van der Waals surface area (Å²) in [5.41, 5.74) is -0.00424. The maximum atomic E-state index is 9.68. The average molecular weight is 243 g/mol. The summed E-state index contributed by atoms with van der Waals surface area (Å²) in [4.78, 5) is 2.37. The summed E-state index contributed by atoms with van der Waals surface area (Å²) in [6, 6.07) is 0.279. The van der Waals surface area contributed by atoms with Gasteiger partial charge < -0.3 is 14.9 Å². The molecule has 0 aromatic carbocycles. The van der Waals surface area contributed by atoms with Crippen molar-refractivity contribution in [2.75, 3.05) is 39.5 Å². The molecule has 0 amide bonds. The van der Waals surface area contributed by atoms with Crippen LogP contribution in [-0.2, 0) is 4.74 Å². The van der Waals surface area contributed by atoms with Gasteiger partial charge in [0.25, 0.3) is 0 Å². The van der Waals surface area contributed by atoms with Crippen LogP contribution in [0, 0.1) is 11.3 Å². The maximum Gasteiger partial charge on any atom is 0.0589 e. The fourth-order valence-corrected chi connectivity index (χ4v) is 3.18. The summed E-state index contributed by atoms with van der Waals surface area (Å²) in [7, 11) is 0. The Bertz CT molecular complexity index is 241. The van der Waals surface area contributed by atoms with Gasteiger partial charge in [-0.25, -0.2) is 0 Å². The van der Waals surface area contributed by atoms with E-state index in [-0.39, 0.29) is 24.7 Å². The Kier molecular flexibility index (Phi) is 4.42. The molecule has 0 spiro atoms. The predicted octanol–water partition coefficient (Wildman–Crippen LogP) is 0.478. The van der Waals surface area contributed by atoms with Gasteiger partial charge in [-0.15, -0.1) is 0 Å². The fraction of sp³-hybridized carbons (Fsp3) is 1.00. The van der Waals surface area contributed by atoms with Gasteiger partial charge in [0.05, 0.1) is 13.2 Å². The second-order valence-corrected chi connectivity index (χ2v) is 5.76. The summed E-state index contributed by atoms with van der Waals surface area (Å²) in [5, 5.41) is 19.1. The van der Waals surface area contributed by atoms with E-state index in [1.807, 2.05) is 0 Å². The molecule has 4 heteroatoms. The van der Waals surface area contributed by atoms with Crippen molar-refractivity contribution >= 4 is 0 Å². The van der Waals surface area contributed by atoms with Gasteiger partial charge in [0.15, 0.2) is 0 Å². The molecule has 2 atom stereocenters. The Morgan fingerprint density at radius 2 is 2.00 bits per heavy atom. The molecule has 100 valence electrons. The van der Waals surface area contributed by atoms with Crippen LogP contribution in [0.2, 0.25) is 0 Å². The van der Waals surface area contributed by atoms with E-state index >= 15 is 0 Å². The van der Waals surface area contributed by atoms with Gasteiger partial charge in [0.1, 0.15) is 0 Å². The molecule has 2 saturated heterocycles. The van der Waals surface area contributed by atoms with E-state index in [9.17, 15) is 10.2 Å². The van der Waals surface area contributed by atoms with Gasteiger partial charge >= 0.3 is 0 Å². The highest BCUT2D eigenvalue weighted by molar-refractivity contribution is 4.91. The number of rotatable bonds is 4. The molecular formula is C13H25NO3. The van der Waals surface area contributed by atoms with Crippen LogP contribution in [0.5, 0.6) is 0 Å². The van der Waals surface area contributed by atoms with E-state index < -0.39 is 0 Å². The van der Waals surface area contributed by atoms with Gasteiger partial charge in [-0.05, 0) is 31.7 Å². The van der Waals surface area contributed by atoms with E-state index in [0.717, 1.165) is 45.6 Å². The first-order chi connectivity index (χ1) is 8.21. The van der Waals surface area contributed by atoms with Crippen molar-refractivity contribution in [2.24, 2.45) is 11.3 Å². The molecule has 2 rings (SSSR count). The van der Waals surface area contributed by atoms with Crippen LogP contribution in [0.25, 0.3) is 0 Å². The molecule has 0 saturated carbocycles. The first-order valence-corrected chi connectivity index (χ1v) is 6.74. The topological polar surface area (TPSA) is 52.9 Å². The van der Waals surface area contributed by atoms with Crippen LogP contribution < -0.4 is 0 Å². The molecule has 17 heavy (non-hydrogen) atoms. The predicted molar refractivity (Wildman–Crippen MR) is 65.8 cm³/mol. The Morgan fingerprint density at radius 1 is 1.29 bits per heavy atom. The van der Waals surface area contributed by atoms with E-state index in [4.69, 9.17) is 4.74 Å². The lowest BCUT2D eigenvalue weighted by Crippen LogP contribution is -2.47. The van der Waals surface area contributed by atoms with Crippen LogP contribution in [0.3, 0.4) is 0 Å².